The molecule has 1 rings (SSSR count). The first-order valence-electron chi connectivity index (χ1n) is 4.53. The van der Waals surface area contributed by atoms with Crippen molar-refractivity contribution in [2.24, 2.45) is 10.9 Å². The summed E-state index contributed by atoms with van der Waals surface area (Å²) in [6.07, 6.45) is 3.36. The highest BCUT2D eigenvalue weighted by Gasteiger charge is 2.06. The molecule has 0 spiro atoms. The Balaban J connectivity index is 2.81. The summed E-state index contributed by atoms with van der Waals surface area (Å²) < 4.78 is 0. The Bertz CT molecular complexity index is 362. The molecular weight excluding hydrogens is 192 g/mol. The van der Waals surface area contributed by atoms with E-state index in [1.165, 1.54) is 0 Å². The number of rotatable bonds is 5. The van der Waals surface area contributed by atoms with Crippen molar-refractivity contribution in [2.75, 3.05) is 6.54 Å². The molecule has 0 aliphatic carbocycles. The first-order valence-corrected chi connectivity index (χ1v) is 4.53. The molecule has 1 aromatic rings. The van der Waals surface area contributed by atoms with Gasteiger partial charge in [0.1, 0.15) is 5.69 Å². The van der Waals surface area contributed by atoms with Crippen LogP contribution in [0.4, 0.5) is 0 Å². The molecule has 0 aliphatic rings. The molecule has 15 heavy (non-hydrogen) atoms. The quantitative estimate of drug-likeness (QED) is 0.163. The van der Waals surface area contributed by atoms with E-state index in [1.807, 2.05) is 6.07 Å². The van der Waals surface area contributed by atoms with E-state index >= 15 is 0 Å². The summed E-state index contributed by atoms with van der Waals surface area (Å²) in [4.78, 5) is 4.05. The van der Waals surface area contributed by atoms with Gasteiger partial charge in [-0.15, -0.1) is 6.58 Å². The van der Waals surface area contributed by atoms with Crippen molar-refractivity contribution in [2.45, 2.75) is 6.54 Å². The summed E-state index contributed by atoms with van der Waals surface area (Å²) in [5.41, 5.74) is 6.87. The van der Waals surface area contributed by atoms with Crippen LogP contribution in [0.2, 0.25) is 0 Å². The number of nitrogens with zero attached hydrogens (tertiary/aromatic N) is 2. The van der Waals surface area contributed by atoms with E-state index in [-0.39, 0.29) is 5.84 Å². The normalized spacial score (nSPS) is 11.3. The molecule has 1 heterocycles. The van der Waals surface area contributed by atoms with Crippen molar-refractivity contribution in [3.8, 4) is 0 Å². The topological polar surface area (TPSA) is 83.5 Å². The van der Waals surface area contributed by atoms with Crippen molar-refractivity contribution >= 4 is 5.84 Å². The lowest BCUT2D eigenvalue weighted by Gasteiger charge is -2.06. The second-order valence-corrected chi connectivity index (χ2v) is 2.92. The summed E-state index contributed by atoms with van der Waals surface area (Å²) in [5, 5.41) is 14.6. The van der Waals surface area contributed by atoms with Crippen molar-refractivity contribution in [3.05, 3.63) is 42.2 Å². The highest BCUT2D eigenvalue weighted by atomic mass is 16.4. The van der Waals surface area contributed by atoms with Crippen LogP contribution in [0, 0.1) is 0 Å². The highest BCUT2D eigenvalue weighted by molar-refractivity contribution is 5.96. The average Bonchev–Trinajstić information content (AvgIpc) is 2.29. The summed E-state index contributed by atoms with van der Waals surface area (Å²) >= 11 is 0. The zero-order valence-electron chi connectivity index (χ0n) is 8.35. The number of nitrogens with one attached hydrogen (secondary N) is 1. The molecular formula is C10H14N4O. The lowest BCUT2D eigenvalue weighted by atomic mass is 10.2. The van der Waals surface area contributed by atoms with E-state index in [1.54, 1.807) is 18.3 Å². The van der Waals surface area contributed by atoms with Gasteiger partial charge in [-0.25, -0.2) is 0 Å². The standard InChI is InChI=1S/C10H14N4O/c1-2-5-12-7-8-4-3-6-13-9(8)10(11)14-15/h2-4,6,12,15H,1,5,7H2,(H2,11,14). The number of pyridine rings is 1. The van der Waals surface area contributed by atoms with Crippen LogP contribution in [0.5, 0.6) is 0 Å². The number of nitrogens with two attached hydrogens (primary N) is 1. The maximum Gasteiger partial charge on any atom is 0.189 e. The van der Waals surface area contributed by atoms with E-state index in [0.29, 0.717) is 18.8 Å². The molecule has 0 unspecified atom stereocenters. The molecule has 0 aromatic carbocycles. The third-order valence-electron chi connectivity index (χ3n) is 1.85. The van der Waals surface area contributed by atoms with Crippen LogP contribution in [0.25, 0.3) is 0 Å². The Kier molecular flexibility index (Phi) is 4.30. The van der Waals surface area contributed by atoms with Crippen LogP contribution < -0.4 is 11.1 Å². The Morgan fingerprint density at radius 2 is 2.53 bits per heavy atom. The molecule has 1 aromatic heterocycles. The molecule has 0 saturated carbocycles. The number of aromatic nitrogens is 1. The minimum absolute atomic E-state index is 0.0194. The highest BCUT2D eigenvalue weighted by Crippen LogP contribution is 2.04. The molecule has 0 atom stereocenters. The lowest BCUT2D eigenvalue weighted by Crippen LogP contribution is -2.21. The molecule has 80 valence electrons. The van der Waals surface area contributed by atoms with E-state index in [9.17, 15) is 0 Å². The van der Waals surface area contributed by atoms with Crippen LogP contribution in [-0.4, -0.2) is 22.6 Å². The fourth-order valence-electron chi connectivity index (χ4n) is 1.17. The fraction of sp³-hybridized carbons (Fsp3) is 0.200. The minimum atomic E-state index is 0.0194. The van der Waals surface area contributed by atoms with Crippen LogP contribution in [0.1, 0.15) is 11.3 Å². The number of hydrogen-bond acceptors (Lipinski definition) is 4. The zero-order valence-corrected chi connectivity index (χ0v) is 8.35. The fourth-order valence-corrected chi connectivity index (χ4v) is 1.17. The molecule has 5 nitrogen and oxygen atoms in total. The van der Waals surface area contributed by atoms with Gasteiger partial charge in [0.15, 0.2) is 5.84 Å². The molecule has 0 radical (unpaired) electrons. The van der Waals surface area contributed by atoms with Gasteiger partial charge in [-0.2, -0.15) is 0 Å². The Hall–Kier alpha value is -1.88. The SMILES string of the molecule is C=CCNCc1cccnc1C(N)=NO. The van der Waals surface area contributed by atoms with Crippen LogP contribution in [-0.2, 0) is 6.54 Å². The predicted molar refractivity (Wildman–Crippen MR) is 58.7 cm³/mol. The second kappa shape index (κ2) is 5.77. The van der Waals surface area contributed by atoms with E-state index in [2.05, 4.69) is 22.0 Å². The van der Waals surface area contributed by atoms with E-state index in [4.69, 9.17) is 10.9 Å². The summed E-state index contributed by atoms with van der Waals surface area (Å²) in [5.74, 6) is 0.0194. The largest absolute Gasteiger partial charge is 0.409 e. The van der Waals surface area contributed by atoms with Crippen molar-refractivity contribution in [1.29, 1.82) is 0 Å². The van der Waals surface area contributed by atoms with Crippen LogP contribution in [0.15, 0.2) is 36.1 Å². The van der Waals surface area contributed by atoms with Crippen LogP contribution in [0.3, 0.4) is 0 Å². The molecule has 0 bridgehead atoms. The van der Waals surface area contributed by atoms with Crippen molar-refractivity contribution < 1.29 is 5.21 Å². The summed E-state index contributed by atoms with van der Waals surface area (Å²) in [7, 11) is 0. The van der Waals surface area contributed by atoms with Gasteiger partial charge in [-0.1, -0.05) is 17.3 Å². The summed E-state index contributed by atoms with van der Waals surface area (Å²) in [6.45, 7) is 4.90. The van der Waals surface area contributed by atoms with Gasteiger partial charge < -0.3 is 16.3 Å². The van der Waals surface area contributed by atoms with Crippen molar-refractivity contribution in [3.63, 3.8) is 0 Å². The monoisotopic (exact) mass is 206 g/mol. The zero-order chi connectivity index (χ0) is 11.1. The first-order chi connectivity index (χ1) is 7.29. The Morgan fingerprint density at radius 1 is 1.73 bits per heavy atom. The van der Waals surface area contributed by atoms with Gasteiger partial charge in [0, 0.05) is 19.3 Å². The van der Waals surface area contributed by atoms with Gasteiger partial charge in [0.05, 0.1) is 0 Å². The van der Waals surface area contributed by atoms with Gasteiger partial charge in [-0.05, 0) is 11.6 Å². The molecule has 0 saturated heterocycles. The van der Waals surface area contributed by atoms with Gasteiger partial charge in [0.2, 0.25) is 0 Å². The average molecular weight is 206 g/mol. The second-order valence-electron chi connectivity index (χ2n) is 2.92. The van der Waals surface area contributed by atoms with Crippen LogP contribution >= 0.6 is 0 Å². The smallest absolute Gasteiger partial charge is 0.189 e. The predicted octanol–water partition coefficient (Wildman–Crippen LogP) is 0.452. The van der Waals surface area contributed by atoms with E-state index < -0.39 is 0 Å². The Morgan fingerprint density at radius 3 is 3.20 bits per heavy atom. The number of amidine groups is 1. The molecule has 0 amide bonds. The molecule has 0 aliphatic heterocycles. The molecule has 5 heteroatoms. The minimum Gasteiger partial charge on any atom is -0.409 e. The van der Waals surface area contributed by atoms with Gasteiger partial charge >= 0.3 is 0 Å². The van der Waals surface area contributed by atoms with Gasteiger partial charge in [-0.3, -0.25) is 4.98 Å². The number of oxime groups is 1. The maximum absolute atomic E-state index is 8.57. The maximum atomic E-state index is 8.57. The number of hydrogen-bond donors (Lipinski definition) is 3. The molecule has 4 N–H and O–H groups in total. The summed E-state index contributed by atoms with van der Waals surface area (Å²) in [6, 6.07) is 3.68. The third kappa shape index (κ3) is 3.07. The first kappa shape index (κ1) is 11.2. The van der Waals surface area contributed by atoms with Crippen molar-refractivity contribution in [1.82, 2.24) is 10.3 Å². The lowest BCUT2D eigenvalue weighted by molar-refractivity contribution is 0.318. The van der Waals surface area contributed by atoms with Gasteiger partial charge in [0.25, 0.3) is 0 Å². The molecule has 0 fully saturated rings. The van der Waals surface area contributed by atoms with E-state index in [0.717, 1.165) is 5.56 Å². The Labute approximate surface area is 88.3 Å². The third-order valence-corrected chi connectivity index (χ3v) is 1.85.